The molecule has 1 aliphatic rings. The van der Waals surface area contributed by atoms with Crippen molar-refractivity contribution < 1.29 is 17.6 Å². The van der Waals surface area contributed by atoms with Crippen molar-refractivity contribution in [2.24, 2.45) is 0 Å². The maximum atomic E-state index is 12.9. The van der Waals surface area contributed by atoms with Crippen molar-refractivity contribution >= 4 is 21.4 Å². The standard InChI is InChI=1S/C17H20N4O4S2/c1-24-8-3-6-21-15-5-7-20(27(22,23)16-4-2-9-26-16)10-13(15)17(19-21)14-11-25-12-18-14/h2,4,9,11-12H,3,5-8,10H2,1H3. The average molecular weight is 409 g/mol. The number of ether oxygens (including phenoxy) is 1. The first kappa shape index (κ1) is 18.4. The van der Waals surface area contributed by atoms with E-state index in [0.29, 0.717) is 41.7 Å². The number of rotatable bonds is 7. The van der Waals surface area contributed by atoms with Gasteiger partial charge in [-0.2, -0.15) is 9.40 Å². The van der Waals surface area contributed by atoms with Crippen LogP contribution in [0.15, 0.2) is 38.8 Å². The lowest BCUT2D eigenvalue weighted by atomic mass is 10.1. The second-order valence-corrected chi connectivity index (χ2v) is 9.35. The maximum Gasteiger partial charge on any atom is 0.252 e. The summed E-state index contributed by atoms with van der Waals surface area (Å²) in [6.07, 6.45) is 4.33. The summed E-state index contributed by atoms with van der Waals surface area (Å²) in [7, 11) is -1.83. The van der Waals surface area contributed by atoms with Crippen LogP contribution < -0.4 is 0 Å². The smallest absolute Gasteiger partial charge is 0.252 e. The summed E-state index contributed by atoms with van der Waals surface area (Å²) in [5, 5.41) is 6.48. The molecule has 1 aliphatic heterocycles. The van der Waals surface area contributed by atoms with Crippen LogP contribution in [0.2, 0.25) is 0 Å². The SMILES string of the molecule is COCCCn1nc(-c2cocn2)c2c1CCN(S(=O)(=O)c1cccs1)C2. The fourth-order valence-electron chi connectivity index (χ4n) is 3.29. The lowest BCUT2D eigenvalue weighted by Gasteiger charge is -2.26. The highest BCUT2D eigenvalue weighted by Gasteiger charge is 2.33. The van der Waals surface area contributed by atoms with Crippen LogP contribution in [0.3, 0.4) is 0 Å². The van der Waals surface area contributed by atoms with Gasteiger partial charge in [-0.15, -0.1) is 11.3 Å². The molecule has 0 saturated carbocycles. The van der Waals surface area contributed by atoms with Gasteiger partial charge in [0.05, 0.1) is 0 Å². The molecule has 4 rings (SSSR count). The van der Waals surface area contributed by atoms with Crippen molar-refractivity contribution in [3.8, 4) is 11.4 Å². The molecule has 10 heteroatoms. The summed E-state index contributed by atoms with van der Waals surface area (Å²) < 4.78 is 39.9. The van der Waals surface area contributed by atoms with Gasteiger partial charge in [0.25, 0.3) is 10.0 Å². The van der Waals surface area contributed by atoms with E-state index in [1.165, 1.54) is 28.3 Å². The zero-order valence-electron chi connectivity index (χ0n) is 14.9. The Balaban J connectivity index is 1.69. The molecule has 0 aromatic carbocycles. The van der Waals surface area contributed by atoms with Crippen LogP contribution in [0.25, 0.3) is 11.4 Å². The Kier molecular flexibility index (Phi) is 5.13. The van der Waals surface area contributed by atoms with E-state index in [4.69, 9.17) is 14.3 Å². The number of sulfonamides is 1. The molecule has 0 bridgehead atoms. The van der Waals surface area contributed by atoms with Crippen molar-refractivity contribution in [1.29, 1.82) is 0 Å². The van der Waals surface area contributed by atoms with Crippen molar-refractivity contribution in [3.63, 3.8) is 0 Å². The van der Waals surface area contributed by atoms with Gasteiger partial charge < -0.3 is 9.15 Å². The van der Waals surface area contributed by atoms with Gasteiger partial charge in [0, 0.05) is 51.0 Å². The molecule has 27 heavy (non-hydrogen) atoms. The summed E-state index contributed by atoms with van der Waals surface area (Å²) in [4.78, 5) is 4.21. The average Bonchev–Trinajstić information content (AvgIpc) is 3.42. The Labute approximate surface area is 161 Å². The number of thiophene rings is 1. The van der Waals surface area contributed by atoms with Crippen LogP contribution in [0.1, 0.15) is 17.7 Å². The first-order valence-electron chi connectivity index (χ1n) is 8.61. The Hall–Kier alpha value is -2.01. The van der Waals surface area contributed by atoms with Crippen LogP contribution in [-0.2, 0) is 34.3 Å². The highest BCUT2D eigenvalue weighted by Crippen LogP contribution is 2.32. The number of methoxy groups -OCH3 is 1. The lowest BCUT2D eigenvalue weighted by Crippen LogP contribution is -2.36. The van der Waals surface area contributed by atoms with E-state index in [0.717, 1.165) is 17.7 Å². The molecule has 3 aromatic rings. The molecule has 0 unspecified atom stereocenters. The van der Waals surface area contributed by atoms with Crippen molar-refractivity contribution in [2.75, 3.05) is 20.3 Å². The fourth-order valence-corrected chi connectivity index (χ4v) is 5.84. The molecule has 144 valence electrons. The Morgan fingerprint density at radius 3 is 3.00 bits per heavy atom. The molecule has 0 aliphatic carbocycles. The number of aryl methyl sites for hydroxylation is 1. The molecule has 0 N–H and O–H groups in total. The van der Waals surface area contributed by atoms with Crippen LogP contribution in [-0.4, -0.2) is 47.7 Å². The minimum Gasteiger partial charge on any atom is -0.451 e. The molecule has 0 amide bonds. The van der Waals surface area contributed by atoms with Crippen molar-refractivity contribution in [2.45, 2.75) is 30.1 Å². The normalized spacial score (nSPS) is 15.1. The second kappa shape index (κ2) is 7.55. The van der Waals surface area contributed by atoms with Crippen LogP contribution in [0, 0.1) is 0 Å². The number of oxazole rings is 1. The van der Waals surface area contributed by atoms with Crippen LogP contribution >= 0.6 is 11.3 Å². The third-order valence-corrected chi connectivity index (χ3v) is 7.80. The highest BCUT2D eigenvalue weighted by molar-refractivity contribution is 7.91. The first-order chi connectivity index (χ1) is 13.1. The van der Waals surface area contributed by atoms with Gasteiger partial charge in [-0.25, -0.2) is 13.4 Å². The topological polar surface area (TPSA) is 90.5 Å². The molecule has 4 heterocycles. The number of nitrogens with zero attached hydrogens (tertiary/aromatic N) is 4. The monoisotopic (exact) mass is 408 g/mol. The summed E-state index contributed by atoms with van der Waals surface area (Å²) in [6.45, 7) is 2.07. The zero-order chi connectivity index (χ0) is 18.9. The number of hydrogen-bond donors (Lipinski definition) is 0. The van der Waals surface area contributed by atoms with E-state index in [9.17, 15) is 8.42 Å². The molecule has 0 saturated heterocycles. The van der Waals surface area contributed by atoms with E-state index >= 15 is 0 Å². The zero-order valence-corrected chi connectivity index (χ0v) is 16.5. The van der Waals surface area contributed by atoms with E-state index in [1.54, 1.807) is 24.6 Å². The first-order valence-corrected chi connectivity index (χ1v) is 10.9. The summed E-state index contributed by atoms with van der Waals surface area (Å²) in [5.41, 5.74) is 3.25. The summed E-state index contributed by atoms with van der Waals surface area (Å²) >= 11 is 1.23. The van der Waals surface area contributed by atoms with Gasteiger partial charge in [-0.1, -0.05) is 6.07 Å². The molecule has 0 fully saturated rings. The second-order valence-electron chi connectivity index (χ2n) is 6.24. The van der Waals surface area contributed by atoms with Gasteiger partial charge in [0.2, 0.25) is 0 Å². The predicted octanol–water partition coefficient (Wildman–Crippen LogP) is 2.38. The summed E-state index contributed by atoms with van der Waals surface area (Å²) in [6, 6.07) is 3.39. The Morgan fingerprint density at radius 2 is 2.30 bits per heavy atom. The third-order valence-electron chi connectivity index (χ3n) is 4.58. The van der Waals surface area contributed by atoms with E-state index < -0.39 is 10.0 Å². The van der Waals surface area contributed by atoms with Gasteiger partial charge in [0.15, 0.2) is 6.39 Å². The van der Waals surface area contributed by atoms with Crippen LogP contribution in [0.5, 0.6) is 0 Å². The van der Waals surface area contributed by atoms with Gasteiger partial charge in [0.1, 0.15) is 21.9 Å². The van der Waals surface area contributed by atoms with Crippen molar-refractivity contribution in [1.82, 2.24) is 19.1 Å². The Bertz CT molecular complexity index is 994. The van der Waals surface area contributed by atoms with Gasteiger partial charge in [-0.05, 0) is 17.9 Å². The molecule has 8 nitrogen and oxygen atoms in total. The van der Waals surface area contributed by atoms with E-state index in [2.05, 4.69) is 4.98 Å². The van der Waals surface area contributed by atoms with E-state index in [1.807, 2.05) is 4.68 Å². The third kappa shape index (κ3) is 3.45. The maximum absolute atomic E-state index is 12.9. The molecular formula is C17H20N4O4S2. The predicted molar refractivity (Wildman–Crippen MR) is 99.8 cm³/mol. The molecule has 0 radical (unpaired) electrons. The van der Waals surface area contributed by atoms with Gasteiger partial charge >= 0.3 is 0 Å². The molecular weight excluding hydrogens is 388 g/mol. The fraction of sp³-hybridized carbons (Fsp3) is 0.412. The quantitative estimate of drug-likeness (QED) is 0.558. The molecule has 3 aromatic heterocycles. The van der Waals surface area contributed by atoms with Crippen LogP contribution in [0.4, 0.5) is 0 Å². The largest absolute Gasteiger partial charge is 0.451 e. The minimum absolute atomic E-state index is 0.280. The highest BCUT2D eigenvalue weighted by atomic mass is 32.2. The lowest BCUT2D eigenvalue weighted by molar-refractivity contribution is 0.188. The number of hydrogen-bond acceptors (Lipinski definition) is 7. The minimum atomic E-state index is -3.51. The molecule has 0 atom stereocenters. The number of fused-ring (bicyclic) bond motifs is 1. The summed E-state index contributed by atoms with van der Waals surface area (Å²) in [5.74, 6) is 0. The molecule has 0 spiro atoms. The number of aromatic nitrogens is 3. The van der Waals surface area contributed by atoms with E-state index in [-0.39, 0.29) is 6.54 Å². The van der Waals surface area contributed by atoms with Crippen molar-refractivity contribution in [3.05, 3.63) is 41.4 Å². The Morgan fingerprint density at radius 1 is 1.41 bits per heavy atom. The van der Waals surface area contributed by atoms with Gasteiger partial charge in [-0.3, -0.25) is 4.68 Å².